The summed E-state index contributed by atoms with van der Waals surface area (Å²) in [6.07, 6.45) is 4.46. The molecule has 0 radical (unpaired) electrons. The Hall–Kier alpha value is -1.14. The lowest BCUT2D eigenvalue weighted by atomic mass is 9.99. The van der Waals surface area contributed by atoms with E-state index in [-0.39, 0.29) is 0 Å². The first-order valence-corrected chi connectivity index (χ1v) is 8.53. The van der Waals surface area contributed by atoms with Crippen molar-refractivity contribution in [3.63, 3.8) is 0 Å². The Morgan fingerprint density at radius 2 is 1.82 bits per heavy atom. The van der Waals surface area contributed by atoms with Gasteiger partial charge in [-0.05, 0) is 12.3 Å². The van der Waals surface area contributed by atoms with Crippen LogP contribution in [-0.4, -0.2) is 62.7 Å². The molecular weight excluding hydrogens is 282 g/mol. The van der Waals surface area contributed by atoms with E-state index in [0.29, 0.717) is 19.0 Å². The summed E-state index contributed by atoms with van der Waals surface area (Å²) in [5.41, 5.74) is 0. The minimum absolute atomic E-state index is 0.463. The summed E-state index contributed by atoms with van der Waals surface area (Å²) >= 11 is 0. The highest BCUT2D eigenvalue weighted by Crippen LogP contribution is 2.10. The molecule has 22 heavy (non-hydrogen) atoms. The molecule has 1 atom stereocenters. The molecule has 1 saturated heterocycles. The SMILES string of the molecule is CCCCC(CC)CNC(=O)C(=O)NCCN1CCOCC1. The maximum absolute atomic E-state index is 11.8. The molecular formula is C16H31N3O3. The van der Waals surface area contributed by atoms with Crippen LogP contribution < -0.4 is 10.6 Å². The van der Waals surface area contributed by atoms with Gasteiger partial charge in [0.05, 0.1) is 13.2 Å². The number of unbranched alkanes of at least 4 members (excludes halogenated alkanes) is 1. The van der Waals surface area contributed by atoms with Crippen LogP contribution in [0.4, 0.5) is 0 Å². The van der Waals surface area contributed by atoms with Gasteiger partial charge in [-0.3, -0.25) is 14.5 Å². The van der Waals surface area contributed by atoms with Gasteiger partial charge in [0.2, 0.25) is 0 Å². The Morgan fingerprint density at radius 3 is 2.45 bits per heavy atom. The zero-order chi connectivity index (χ0) is 16.2. The van der Waals surface area contributed by atoms with Gasteiger partial charge in [0.1, 0.15) is 0 Å². The molecule has 1 aliphatic heterocycles. The average Bonchev–Trinajstić information content (AvgIpc) is 2.55. The summed E-state index contributed by atoms with van der Waals surface area (Å²) in [6, 6.07) is 0. The Labute approximate surface area is 134 Å². The van der Waals surface area contributed by atoms with Crippen molar-refractivity contribution in [2.24, 2.45) is 5.92 Å². The maximum Gasteiger partial charge on any atom is 0.309 e. The summed E-state index contributed by atoms with van der Waals surface area (Å²) in [7, 11) is 0. The monoisotopic (exact) mass is 313 g/mol. The Balaban J connectivity index is 2.13. The van der Waals surface area contributed by atoms with Crippen LogP contribution in [0.25, 0.3) is 0 Å². The van der Waals surface area contributed by atoms with Crippen molar-refractivity contribution in [3.8, 4) is 0 Å². The molecule has 0 aliphatic carbocycles. The number of ether oxygens (including phenoxy) is 1. The number of amides is 2. The zero-order valence-electron chi connectivity index (χ0n) is 14.0. The molecule has 0 aromatic heterocycles. The number of carbonyl (C=O) groups excluding carboxylic acids is 2. The second-order valence-corrected chi connectivity index (χ2v) is 5.84. The lowest BCUT2D eigenvalue weighted by Gasteiger charge is -2.26. The fraction of sp³-hybridized carbons (Fsp3) is 0.875. The molecule has 6 heteroatoms. The van der Waals surface area contributed by atoms with Crippen LogP contribution >= 0.6 is 0 Å². The smallest absolute Gasteiger partial charge is 0.309 e. The number of carbonyl (C=O) groups is 2. The van der Waals surface area contributed by atoms with Gasteiger partial charge < -0.3 is 15.4 Å². The van der Waals surface area contributed by atoms with Crippen LogP contribution in [0.5, 0.6) is 0 Å². The molecule has 1 heterocycles. The molecule has 1 fully saturated rings. The predicted octanol–water partition coefficient (Wildman–Crippen LogP) is 0.767. The highest BCUT2D eigenvalue weighted by molar-refractivity contribution is 6.35. The molecule has 2 amide bonds. The Bertz CT molecular complexity index is 331. The topological polar surface area (TPSA) is 70.7 Å². The van der Waals surface area contributed by atoms with Crippen molar-refractivity contribution in [1.82, 2.24) is 15.5 Å². The van der Waals surface area contributed by atoms with E-state index in [1.54, 1.807) is 0 Å². The van der Waals surface area contributed by atoms with E-state index < -0.39 is 11.8 Å². The molecule has 6 nitrogen and oxygen atoms in total. The van der Waals surface area contributed by atoms with Crippen LogP contribution in [-0.2, 0) is 14.3 Å². The number of morpholine rings is 1. The van der Waals surface area contributed by atoms with E-state index in [9.17, 15) is 9.59 Å². The third-order valence-corrected chi connectivity index (χ3v) is 4.12. The number of rotatable bonds is 9. The molecule has 0 spiro atoms. The van der Waals surface area contributed by atoms with E-state index in [0.717, 1.165) is 52.1 Å². The fourth-order valence-electron chi connectivity index (χ4n) is 2.49. The van der Waals surface area contributed by atoms with Crippen LogP contribution in [0.3, 0.4) is 0 Å². The van der Waals surface area contributed by atoms with Crippen molar-refractivity contribution < 1.29 is 14.3 Å². The summed E-state index contributed by atoms with van der Waals surface area (Å²) in [5.74, 6) is -0.583. The summed E-state index contributed by atoms with van der Waals surface area (Å²) in [5, 5.41) is 5.43. The van der Waals surface area contributed by atoms with Crippen molar-refractivity contribution in [3.05, 3.63) is 0 Å². The van der Waals surface area contributed by atoms with E-state index in [4.69, 9.17) is 4.74 Å². The Kier molecular flexibility index (Phi) is 9.82. The summed E-state index contributed by atoms with van der Waals surface area (Å²) in [6.45, 7) is 9.38. The summed E-state index contributed by atoms with van der Waals surface area (Å²) in [4.78, 5) is 25.7. The normalized spacial score (nSPS) is 17.0. The van der Waals surface area contributed by atoms with Gasteiger partial charge in [0, 0.05) is 32.7 Å². The van der Waals surface area contributed by atoms with Gasteiger partial charge in [-0.1, -0.05) is 33.1 Å². The fourth-order valence-corrected chi connectivity index (χ4v) is 2.49. The van der Waals surface area contributed by atoms with Gasteiger partial charge in [0.15, 0.2) is 0 Å². The molecule has 0 bridgehead atoms. The highest BCUT2D eigenvalue weighted by Gasteiger charge is 2.16. The first-order valence-electron chi connectivity index (χ1n) is 8.53. The summed E-state index contributed by atoms with van der Waals surface area (Å²) < 4.78 is 5.27. The molecule has 0 saturated carbocycles. The lowest BCUT2D eigenvalue weighted by Crippen LogP contribution is -2.45. The van der Waals surface area contributed by atoms with Crippen molar-refractivity contribution in [2.75, 3.05) is 45.9 Å². The van der Waals surface area contributed by atoms with Crippen LogP contribution in [0.1, 0.15) is 39.5 Å². The van der Waals surface area contributed by atoms with Crippen molar-refractivity contribution >= 4 is 11.8 Å². The van der Waals surface area contributed by atoms with Gasteiger partial charge in [-0.25, -0.2) is 0 Å². The van der Waals surface area contributed by atoms with E-state index >= 15 is 0 Å². The van der Waals surface area contributed by atoms with Crippen LogP contribution in [0.2, 0.25) is 0 Å². The van der Waals surface area contributed by atoms with Gasteiger partial charge in [0.25, 0.3) is 0 Å². The molecule has 1 rings (SSSR count). The third kappa shape index (κ3) is 7.75. The maximum atomic E-state index is 11.8. The number of hydrogen-bond acceptors (Lipinski definition) is 4. The van der Waals surface area contributed by atoms with Crippen LogP contribution in [0.15, 0.2) is 0 Å². The first-order chi connectivity index (χ1) is 10.7. The van der Waals surface area contributed by atoms with Gasteiger partial charge in [-0.2, -0.15) is 0 Å². The van der Waals surface area contributed by atoms with Gasteiger partial charge >= 0.3 is 11.8 Å². The molecule has 2 N–H and O–H groups in total. The molecule has 0 aromatic rings. The van der Waals surface area contributed by atoms with Crippen molar-refractivity contribution in [2.45, 2.75) is 39.5 Å². The third-order valence-electron chi connectivity index (χ3n) is 4.12. The van der Waals surface area contributed by atoms with E-state index in [2.05, 4.69) is 29.4 Å². The Morgan fingerprint density at radius 1 is 1.14 bits per heavy atom. The zero-order valence-corrected chi connectivity index (χ0v) is 14.0. The quantitative estimate of drug-likeness (QED) is 0.617. The van der Waals surface area contributed by atoms with Crippen molar-refractivity contribution in [1.29, 1.82) is 0 Å². The average molecular weight is 313 g/mol. The number of nitrogens with one attached hydrogen (secondary N) is 2. The lowest BCUT2D eigenvalue weighted by molar-refractivity contribution is -0.139. The van der Waals surface area contributed by atoms with Gasteiger partial charge in [-0.15, -0.1) is 0 Å². The molecule has 1 unspecified atom stereocenters. The van der Waals surface area contributed by atoms with E-state index in [1.165, 1.54) is 6.42 Å². The molecule has 128 valence electrons. The molecule has 1 aliphatic rings. The largest absolute Gasteiger partial charge is 0.379 e. The predicted molar refractivity (Wildman–Crippen MR) is 86.6 cm³/mol. The molecule has 0 aromatic carbocycles. The minimum Gasteiger partial charge on any atom is -0.379 e. The van der Waals surface area contributed by atoms with E-state index in [1.807, 2.05) is 0 Å². The second-order valence-electron chi connectivity index (χ2n) is 5.84. The van der Waals surface area contributed by atoms with Crippen LogP contribution in [0, 0.1) is 5.92 Å². The number of hydrogen-bond donors (Lipinski definition) is 2. The highest BCUT2D eigenvalue weighted by atomic mass is 16.5. The standard InChI is InChI=1S/C16H31N3O3/c1-3-5-6-14(4-2)13-18-16(21)15(20)17-7-8-19-9-11-22-12-10-19/h14H,3-13H2,1-2H3,(H,17,20)(H,18,21). The first kappa shape index (κ1) is 18.9. The second kappa shape index (κ2) is 11.4. The number of nitrogens with zero attached hydrogens (tertiary/aromatic N) is 1. The minimum atomic E-state index is -0.529.